The Kier molecular flexibility index (Phi) is 6.63. The average molecular weight is 236 g/mol. The van der Waals surface area contributed by atoms with Gasteiger partial charge in [0.05, 0.1) is 5.92 Å². The molecule has 1 fully saturated rings. The summed E-state index contributed by atoms with van der Waals surface area (Å²) < 4.78 is 0. The lowest BCUT2D eigenvalue weighted by Gasteiger charge is -2.24. The molecule has 1 aliphatic carbocycles. The number of carbonyl (C=O) groups excluding carboxylic acids is 1. The van der Waals surface area contributed by atoms with Crippen LogP contribution >= 0.6 is 0 Å². The van der Waals surface area contributed by atoms with Crippen molar-refractivity contribution in [3.63, 3.8) is 0 Å². The van der Waals surface area contributed by atoms with Gasteiger partial charge < -0.3 is 11.1 Å². The quantitative estimate of drug-likeness (QED) is 0.694. The van der Waals surface area contributed by atoms with Crippen LogP contribution in [0, 0.1) is 5.92 Å². The van der Waals surface area contributed by atoms with Crippen molar-refractivity contribution >= 4 is 5.91 Å². The highest BCUT2D eigenvalue weighted by atomic mass is 16.1. The van der Waals surface area contributed by atoms with E-state index in [2.05, 4.69) is 11.9 Å². The van der Waals surface area contributed by atoms with Gasteiger partial charge in [0.2, 0.25) is 5.91 Å². The molecule has 3 nitrogen and oxygen atoms in total. The summed E-state index contributed by atoms with van der Waals surface area (Å²) in [5.74, 6) is -0.000485. The van der Waals surface area contributed by atoms with Gasteiger partial charge in [-0.05, 0) is 19.3 Å². The first-order valence-electron chi connectivity index (χ1n) is 6.56. The van der Waals surface area contributed by atoms with Gasteiger partial charge in [-0.15, -0.1) is 6.58 Å². The fraction of sp³-hybridized carbons (Fsp3) is 0.643. The molecule has 1 saturated carbocycles. The fourth-order valence-electron chi connectivity index (χ4n) is 2.25. The van der Waals surface area contributed by atoms with Gasteiger partial charge in [0.1, 0.15) is 0 Å². The minimum atomic E-state index is -0.113. The van der Waals surface area contributed by atoms with E-state index < -0.39 is 0 Å². The summed E-state index contributed by atoms with van der Waals surface area (Å²) >= 11 is 0. The van der Waals surface area contributed by atoms with Crippen LogP contribution in [0.25, 0.3) is 0 Å². The molecule has 1 atom stereocenters. The molecule has 0 aromatic carbocycles. The van der Waals surface area contributed by atoms with Gasteiger partial charge in [0.15, 0.2) is 0 Å². The molecule has 0 bridgehead atoms. The van der Waals surface area contributed by atoms with Crippen LogP contribution in [-0.2, 0) is 4.79 Å². The molecular formula is C14H24N2O. The summed E-state index contributed by atoms with van der Waals surface area (Å²) in [7, 11) is 0. The Morgan fingerprint density at radius 2 is 2.12 bits per heavy atom. The molecular weight excluding hydrogens is 212 g/mol. The number of carbonyl (C=O) groups is 1. The average Bonchev–Trinajstić information content (AvgIpc) is 2.35. The van der Waals surface area contributed by atoms with E-state index in [1.807, 2.05) is 12.2 Å². The van der Waals surface area contributed by atoms with E-state index in [0.717, 1.165) is 12.8 Å². The van der Waals surface area contributed by atoms with E-state index in [1.54, 1.807) is 6.08 Å². The number of allylic oxidation sites excluding steroid dienone is 1. The van der Waals surface area contributed by atoms with Crippen LogP contribution < -0.4 is 11.1 Å². The van der Waals surface area contributed by atoms with Gasteiger partial charge in [0, 0.05) is 12.6 Å². The highest BCUT2D eigenvalue weighted by Gasteiger charge is 2.19. The maximum atomic E-state index is 12.1. The van der Waals surface area contributed by atoms with Crippen molar-refractivity contribution in [3.05, 3.63) is 24.8 Å². The maximum absolute atomic E-state index is 12.1. The van der Waals surface area contributed by atoms with Crippen LogP contribution in [0.1, 0.15) is 38.5 Å². The third kappa shape index (κ3) is 5.18. The van der Waals surface area contributed by atoms with Crippen LogP contribution in [0.2, 0.25) is 0 Å². The zero-order valence-electron chi connectivity index (χ0n) is 10.5. The molecule has 1 rings (SSSR count). The normalized spacial score (nSPS) is 19.1. The second-order valence-corrected chi connectivity index (χ2v) is 4.64. The second-order valence-electron chi connectivity index (χ2n) is 4.64. The van der Waals surface area contributed by atoms with Gasteiger partial charge in [-0.3, -0.25) is 4.79 Å². The summed E-state index contributed by atoms with van der Waals surface area (Å²) in [4.78, 5) is 12.1. The van der Waals surface area contributed by atoms with E-state index in [-0.39, 0.29) is 11.8 Å². The second kappa shape index (κ2) is 8.07. The molecule has 96 valence electrons. The van der Waals surface area contributed by atoms with Gasteiger partial charge in [0.25, 0.3) is 0 Å². The van der Waals surface area contributed by atoms with Gasteiger partial charge in [-0.1, -0.05) is 37.5 Å². The number of rotatable bonds is 6. The monoisotopic (exact) mass is 236 g/mol. The lowest BCUT2D eigenvalue weighted by Crippen LogP contribution is -2.39. The first-order valence-corrected chi connectivity index (χ1v) is 6.56. The maximum Gasteiger partial charge on any atom is 0.227 e. The number of nitrogens with one attached hydrogen (secondary N) is 1. The topological polar surface area (TPSA) is 55.1 Å². The summed E-state index contributed by atoms with van der Waals surface area (Å²) in [5, 5.41) is 3.13. The fourth-order valence-corrected chi connectivity index (χ4v) is 2.25. The molecule has 1 unspecified atom stereocenters. The first kappa shape index (κ1) is 14.0. The van der Waals surface area contributed by atoms with Crippen molar-refractivity contribution in [2.75, 3.05) is 6.54 Å². The molecule has 17 heavy (non-hydrogen) atoms. The minimum Gasteiger partial charge on any atom is -0.353 e. The Morgan fingerprint density at radius 3 is 2.71 bits per heavy atom. The van der Waals surface area contributed by atoms with Crippen molar-refractivity contribution in [2.24, 2.45) is 11.7 Å². The molecule has 0 saturated heterocycles. The Labute approximate surface area is 104 Å². The van der Waals surface area contributed by atoms with Crippen LogP contribution in [0.3, 0.4) is 0 Å². The van der Waals surface area contributed by atoms with Crippen molar-refractivity contribution in [1.82, 2.24) is 5.32 Å². The summed E-state index contributed by atoms with van der Waals surface area (Å²) in [5.41, 5.74) is 5.41. The van der Waals surface area contributed by atoms with E-state index in [4.69, 9.17) is 5.73 Å². The Balaban J connectivity index is 2.45. The van der Waals surface area contributed by atoms with E-state index in [0.29, 0.717) is 19.0 Å². The predicted octanol–water partition coefficient (Wildman–Crippen LogP) is 2.14. The molecule has 0 spiro atoms. The Bertz CT molecular complexity index is 267. The predicted molar refractivity (Wildman–Crippen MR) is 71.5 cm³/mol. The van der Waals surface area contributed by atoms with Crippen LogP contribution in [0.4, 0.5) is 0 Å². The summed E-state index contributed by atoms with van der Waals surface area (Å²) in [6, 6.07) is 0.370. The molecule has 1 amide bonds. The molecule has 0 aromatic rings. The summed E-state index contributed by atoms with van der Waals surface area (Å²) in [6.07, 6.45) is 12.2. The van der Waals surface area contributed by atoms with Crippen LogP contribution in [0.5, 0.6) is 0 Å². The molecule has 3 N–H and O–H groups in total. The number of nitrogens with two attached hydrogens (primary N) is 1. The molecule has 3 heteroatoms. The highest BCUT2D eigenvalue weighted by molar-refractivity contribution is 5.80. The lowest BCUT2D eigenvalue weighted by molar-refractivity contribution is -0.124. The number of hydrogen-bond donors (Lipinski definition) is 2. The lowest BCUT2D eigenvalue weighted by atomic mass is 9.94. The van der Waals surface area contributed by atoms with E-state index in [9.17, 15) is 4.79 Å². The van der Waals surface area contributed by atoms with Gasteiger partial charge in [-0.25, -0.2) is 0 Å². The van der Waals surface area contributed by atoms with Crippen molar-refractivity contribution < 1.29 is 4.79 Å². The Hall–Kier alpha value is -1.09. The largest absolute Gasteiger partial charge is 0.353 e. The third-order valence-corrected chi connectivity index (χ3v) is 3.21. The van der Waals surface area contributed by atoms with Gasteiger partial charge in [-0.2, -0.15) is 0 Å². The van der Waals surface area contributed by atoms with Crippen LogP contribution in [-0.4, -0.2) is 18.5 Å². The number of amides is 1. The zero-order chi connectivity index (χ0) is 12.5. The third-order valence-electron chi connectivity index (χ3n) is 3.21. The SMILES string of the molecule is C=CCC(/C=C/CN)C(=O)NC1CCCCC1. The molecule has 0 radical (unpaired) electrons. The number of hydrogen-bond acceptors (Lipinski definition) is 2. The minimum absolute atomic E-state index is 0.113. The molecule has 1 aliphatic rings. The summed E-state index contributed by atoms with van der Waals surface area (Å²) in [6.45, 7) is 4.17. The van der Waals surface area contributed by atoms with Crippen molar-refractivity contribution in [1.29, 1.82) is 0 Å². The molecule has 0 aromatic heterocycles. The van der Waals surface area contributed by atoms with E-state index in [1.165, 1.54) is 19.3 Å². The van der Waals surface area contributed by atoms with Crippen molar-refractivity contribution in [2.45, 2.75) is 44.6 Å². The molecule has 0 heterocycles. The smallest absolute Gasteiger partial charge is 0.227 e. The van der Waals surface area contributed by atoms with E-state index >= 15 is 0 Å². The zero-order valence-corrected chi connectivity index (χ0v) is 10.5. The standard InChI is InChI=1S/C14H24N2O/c1-2-7-12(8-6-11-15)14(17)16-13-9-4-3-5-10-13/h2,6,8,12-13H,1,3-5,7,9-11,15H2,(H,16,17)/b8-6+. The molecule has 0 aliphatic heterocycles. The van der Waals surface area contributed by atoms with Crippen LogP contribution in [0.15, 0.2) is 24.8 Å². The Morgan fingerprint density at radius 1 is 1.41 bits per heavy atom. The first-order chi connectivity index (χ1) is 8.27. The van der Waals surface area contributed by atoms with Crippen molar-refractivity contribution in [3.8, 4) is 0 Å². The highest BCUT2D eigenvalue weighted by Crippen LogP contribution is 2.18. The van der Waals surface area contributed by atoms with Gasteiger partial charge >= 0.3 is 0 Å².